The molecule has 1 aromatic heterocycles. The van der Waals surface area contributed by atoms with E-state index in [0.717, 1.165) is 16.7 Å². The van der Waals surface area contributed by atoms with Crippen LogP contribution >= 0.6 is 11.6 Å². The molecular weight excluding hydrogens is 600 g/mol. The molecule has 44 heavy (non-hydrogen) atoms. The van der Waals surface area contributed by atoms with E-state index in [1.54, 1.807) is 72.5 Å². The first kappa shape index (κ1) is 31.0. The molecular formula is C34H31ClN2O6S. The Hall–Kier alpha value is -4.44. The van der Waals surface area contributed by atoms with E-state index in [1.807, 2.05) is 38.1 Å². The maximum absolute atomic E-state index is 13.8. The van der Waals surface area contributed by atoms with Gasteiger partial charge in [-0.1, -0.05) is 59.1 Å². The molecule has 1 aliphatic heterocycles. The summed E-state index contributed by atoms with van der Waals surface area (Å²) in [5.41, 5.74) is 3.95. The van der Waals surface area contributed by atoms with Gasteiger partial charge < -0.3 is 14.1 Å². The summed E-state index contributed by atoms with van der Waals surface area (Å²) in [6, 6.07) is 24.6. The van der Waals surface area contributed by atoms with Gasteiger partial charge in [-0.05, 0) is 74.9 Å². The van der Waals surface area contributed by atoms with Gasteiger partial charge in [0.1, 0.15) is 17.1 Å². The fourth-order valence-corrected chi connectivity index (χ4v) is 6.45. The molecule has 8 nitrogen and oxygen atoms in total. The number of hydrogen-bond donors (Lipinski definition) is 0. The average molecular weight is 631 g/mol. The minimum absolute atomic E-state index is 0.0488. The predicted molar refractivity (Wildman–Crippen MR) is 169 cm³/mol. The molecule has 10 heteroatoms. The number of methoxy groups -OCH3 is 1. The number of anilines is 1. The van der Waals surface area contributed by atoms with Gasteiger partial charge in [-0.2, -0.15) is 4.31 Å². The monoisotopic (exact) mass is 630 g/mol. The molecule has 0 amide bonds. The third kappa shape index (κ3) is 6.40. The van der Waals surface area contributed by atoms with Gasteiger partial charge in [0, 0.05) is 29.0 Å². The summed E-state index contributed by atoms with van der Waals surface area (Å²) in [4.78, 5) is 27.8. The Morgan fingerprint density at radius 1 is 0.886 bits per heavy atom. The van der Waals surface area contributed by atoms with Gasteiger partial charge in [0.15, 0.2) is 0 Å². The molecule has 2 heterocycles. The lowest BCUT2D eigenvalue weighted by atomic mass is 10.1. The van der Waals surface area contributed by atoms with Crippen LogP contribution in [0, 0.1) is 13.8 Å². The molecule has 0 spiro atoms. The van der Waals surface area contributed by atoms with E-state index in [2.05, 4.69) is 0 Å². The fraction of sp³-hybridized carbons (Fsp3) is 0.176. The normalized spacial score (nSPS) is 14.6. The number of hydrogen-bond acceptors (Lipinski definition) is 7. The number of ether oxygens (including phenoxy) is 1. The Morgan fingerprint density at radius 3 is 2.11 bits per heavy atom. The molecule has 5 rings (SSSR count). The van der Waals surface area contributed by atoms with Crippen molar-refractivity contribution in [3.8, 4) is 0 Å². The summed E-state index contributed by atoms with van der Waals surface area (Å²) in [5, 5.41) is 0.520. The van der Waals surface area contributed by atoms with Crippen molar-refractivity contribution in [3.05, 3.63) is 135 Å². The van der Waals surface area contributed by atoms with Crippen molar-refractivity contribution in [1.29, 1.82) is 0 Å². The number of allylic oxidation sites excluding steroid dienone is 2. The number of ketones is 1. The van der Waals surface area contributed by atoms with Crippen LogP contribution in [0.1, 0.15) is 35.1 Å². The van der Waals surface area contributed by atoms with Crippen LogP contribution in [0.2, 0.25) is 5.02 Å². The Balaban J connectivity index is 1.49. The molecule has 226 valence electrons. The van der Waals surface area contributed by atoms with Gasteiger partial charge in [0.2, 0.25) is 15.8 Å². The van der Waals surface area contributed by atoms with Crippen molar-refractivity contribution in [2.75, 3.05) is 12.0 Å². The van der Waals surface area contributed by atoms with Gasteiger partial charge in [0.25, 0.3) is 0 Å². The highest BCUT2D eigenvalue weighted by atomic mass is 35.5. The molecule has 0 atom stereocenters. The van der Waals surface area contributed by atoms with Crippen molar-refractivity contribution >= 4 is 45.1 Å². The number of benzene rings is 3. The minimum Gasteiger partial charge on any atom is -0.465 e. The third-order valence-corrected chi connectivity index (χ3v) is 9.36. The molecule has 1 aliphatic rings. The van der Waals surface area contributed by atoms with E-state index in [1.165, 1.54) is 17.5 Å². The molecule has 0 radical (unpaired) electrons. The van der Waals surface area contributed by atoms with E-state index in [-0.39, 0.29) is 29.3 Å². The molecule has 0 fully saturated rings. The largest absolute Gasteiger partial charge is 0.465 e. The maximum atomic E-state index is 13.8. The van der Waals surface area contributed by atoms with E-state index in [4.69, 9.17) is 20.8 Å². The number of Topliss-reactive ketones (excluding diaryl/α,β-unsaturated/α-hetero) is 1. The fourth-order valence-electron chi connectivity index (χ4n) is 4.93. The molecule has 3 aromatic carbocycles. The quantitative estimate of drug-likeness (QED) is 0.114. The van der Waals surface area contributed by atoms with Gasteiger partial charge >= 0.3 is 5.97 Å². The molecule has 0 aliphatic carbocycles. The zero-order chi connectivity index (χ0) is 31.6. The number of rotatable bonds is 9. The molecule has 0 bridgehead atoms. The Kier molecular flexibility index (Phi) is 8.92. The zero-order valence-corrected chi connectivity index (χ0v) is 26.3. The SMILES string of the molecule is COC(=O)C1=C(C)N(c2ccc(Cl)cc2)/C(=C/c2ccc(CN(Cc3ccc(C)cc3)S(=O)(=O)c3ccc(C)cc3)o2)C1=O. The summed E-state index contributed by atoms with van der Waals surface area (Å²) < 4.78 is 39.9. The average Bonchev–Trinajstić information content (AvgIpc) is 3.54. The van der Waals surface area contributed by atoms with E-state index >= 15 is 0 Å². The van der Waals surface area contributed by atoms with Crippen LogP contribution < -0.4 is 4.90 Å². The van der Waals surface area contributed by atoms with Gasteiger partial charge in [0.05, 0.1) is 24.2 Å². The second-order valence-electron chi connectivity index (χ2n) is 10.5. The second kappa shape index (κ2) is 12.7. The third-order valence-electron chi connectivity index (χ3n) is 7.30. The Morgan fingerprint density at radius 2 is 1.50 bits per heavy atom. The number of sulfonamides is 1. The number of furan rings is 1. The summed E-state index contributed by atoms with van der Waals surface area (Å²) in [6.07, 6.45) is 1.53. The van der Waals surface area contributed by atoms with Crippen molar-refractivity contribution in [1.82, 2.24) is 4.31 Å². The highest BCUT2D eigenvalue weighted by Gasteiger charge is 2.38. The van der Waals surface area contributed by atoms with Crippen molar-refractivity contribution in [2.45, 2.75) is 38.8 Å². The first-order valence-electron chi connectivity index (χ1n) is 13.8. The van der Waals surface area contributed by atoms with E-state index in [9.17, 15) is 18.0 Å². The minimum atomic E-state index is -3.89. The topological polar surface area (TPSA) is 97.1 Å². The van der Waals surface area contributed by atoms with E-state index in [0.29, 0.717) is 27.9 Å². The standard InChI is InChI=1S/C34H31ClN2O6S/c1-22-5-9-25(10-6-22)20-36(44(40,41)30-17-7-23(2)8-18-30)21-29-16-15-28(43-29)19-31-33(38)32(34(39)42-4)24(3)37(31)27-13-11-26(35)12-14-27/h5-19H,20-21H2,1-4H3/b31-19+. The number of carbonyl (C=O) groups is 2. The van der Waals surface area contributed by atoms with Crippen molar-refractivity contribution < 1.29 is 27.2 Å². The highest BCUT2D eigenvalue weighted by Crippen LogP contribution is 2.36. The zero-order valence-electron chi connectivity index (χ0n) is 24.7. The lowest BCUT2D eigenvalue weighted by Gasteiger charge is -2.22. The van der Waals surface area contributed by atoms with Crippen LogP contribution in [0.5, 0.6) is 0 Å². The molecule has 0 saturated carbocycles. The first-order valence-corrected chi connectivity index (χ1v) is 15.6. The predicted octanol–water partition coefficient (Wildman–Crippen LogP) is 6.82. The number of carbonyl (C=O) groups excluding carboxylic acids is 2. The molecule has 0 saturated heterocycles. The van der Waals surface area contributed by atoms with Crippen molar-refractivity contribution in [3.63, 3.8) is 0 Å². The van der Waals surface area contributed by atoms with E-state index < -0.39 is 21.8 Å². The molecule has 0 unspecified atom stereocenters. The number of nitrogens with zero attached hydrogens (tertiary/aromatic N) is 2. The number of halogens is 1. The summed E-state index contributed by atoms with van der Waals surface area (Å²) in [7, 11) is -2.68. The smallest absolute Gasteiger partial charge is 0.343 e. The van der Waals surface area contributed by atoms with Gasteiger partial charge in [-0.3, -0.25) is 4.79 Å². The summed E-state index contributed by atoms with van der Waals surface area (Å²) in [6.45, 7) is 5.60. The second-order valence-corrected chi connectivity index (χ2v) is 12.9. The van der Waals surface area contributed by atoms with Crippen LogP contribution in [0.4, 0.5) is 5.69 Å². The maximum Gasteiger partial charge on any atom is 0.343 e. The van der Waals surface area contributed by atoms with Crippen LogP contribution in [-0.2, 0) is 37.4 Å². The number of esters is 1. The number of aryl methyl sites for hydroxylation is 2. The Bertz CT molecular complexity index is 1870. The molecule has 4 aromatic rings. The van der Waals surface area contributed by atoms with Crippen LogP contribution in [-0.4, -0.2) is 31.6 Å². The first-order chi connectivity index (χ1) is 21.0. The highest BCUT2D eigenvalue weighted by molar-refractivity contribution is 7.89. The summed E-state index contributed by atoms with van der Waals surface area (Å²) in [5.74, 6) is -0.585. The lowest BCUT2D eigenvalue weighted by Crippen LogP contribution is -2.30. The lowest BCUT2D eigenvalue weighted by molar-refractivity contribution is -0.137. The van der Waals surface area contributed by atoms with Gasteiger partial charge in [-0.25, -0.2) is 13.2 Å². The Labute approximate surface area is 261 Å². The van der Waals surface area contributed by atoms with Crippen LogP contribution in [0.3, 0.4) is 0 Å². The summed E-state index contributed by atoms with van der Waals surface area (Å²) >= 11 is 6.08. The van der Waals surface area contributed by atoms with Gasteiger partial charge in [-0.15, -0.1) is 0 Å². The van der Waals surface area contributed by atoms with Crippen molar-refractivity contribution in [2.24, 2.45) is 0 Å². The van der Waals surface area contributed by atoms with Crippen LogP contribution in [0.15, 0.2) is 111 Å². The van der Waals surface area contributed by atoms with Crippen LogP contribution in [0.25, 0.3) is 6.08 Å². The molecule has 0 N–H and O–H groups in total.